The van der Waals surface area contributed by atoms with Crippen molar-refractivity contribution in [3.05, 3.63) is 35.0 Å². The van der Waals surface area contributed by atoms with E-state index < -0.39 is 18.1 Å². The third-order valence-electron chi connectivity index (χ3n) is 3.43. The molecule has 0 saturated heterocycles. The van der Waals surface area contributed by atoms with Gasteiger partial charge in [-0.05, 0) is 18.2 Å². The molecule has 2 N–H and O–H groups in total. The van der Waals surface area contributed by atoms with Crippen LogP contribution in [0.3, 0.4) is 0 Å². The highest BCUT2D eigenvalue weighted by Crippen LogP contribution is 2.46. The van der Waals surface area contributed by atoms with Gasteiger partial charge >= 0.3 is 6.18 Å². The summed E-state index contributed by atoms with van der Waals surface area (Å²) in [5.74, 6) is 0.294. The van der Waals surface area contributed by atoms with E-state index in [1.54, 1.807) is 12.1 Å². The fraction of sp³-hybridized carbons (Fsp3) is 0.143. The van der Waals surface area contributed by atoms with Crippen LogP contribution in [-0.4, -0.2) is 16.4 Å². The number of hydrogen-bond acceptors (Lipinski definition) is 6. The summed E-state index contributed by atoms with van der Waals surface area (Å²) in [7, 11) is 0. The number of nitrogens with zero attached hydrogens (tertiary/aromatic N) is 2. The van der Waals surface area contributed by atoms with E-state index in [1.807, 2.05) is 0 Å². The zero-order chi connectivity index (χ0) is 16.2. The Balaban J connectivity index is 2.08. The minimum atomic E-state index is -4.58. The van der Waals surface area contributed by atoms with Crippen molar-refractivity contribution in [2.24, 2.45) is 4.99 Å². The standard InChI is InChI=1S/C14H8F3N3O2S/c15-14(16,17)8-4-6(7-2-1-3-22-7)9-10-11(23-13(9)20-8)12(21)19-5-18-10/h1-5,12,21H,(H,18,19)/t12-/m1/s1. The lowest BCUT2D eigenvalue weighted by Crippen LogP contribution is -2.09. The van der Waals surface area contributed by atoms with E-state index in [-0.39, 0.29) is 10.4 Å². The number of pyridine rings is 1. The second kappa shape index (κ2) is 4.80. The first-order chi connectivity index (χ1) is 10.9. The van der Waals surface area contributed by atoms with Gasteiger partial charge in [0.05, 0.1) is 23.2 Å². The SMILES string of the molecule is O[C@H]1N=CNc2c1sc1nc(C(F)(F)F)cc(-c3ccco3)c21. The lowest BCUT2D eigenvalue weighted by molar-refractivity contribution is -0.140. The molecule has 9 heteroatoms. The Hall–Kier alpha value is -2.39. The summed E-state index contributed by atoms with van der Waals surface area (Å²) in [4.78, 5) is 8.07. The molecule has 0 fully saturated rings. The number of alkyl halides is 3. The highest BCUT2D eigenvalue weighted by Gasteiger charge is 2.35. The zero-order valence-electron chi connectivity index (χ0n) is 11.3. The molecule has 0 unspecified atom stereocenters. The molecule has 118 valence electrons. The van der Waals surface area contributed by atoms with Gasteiger partial charge in [0.1, 0.15) is 16.3 Å². The maximum absolute atomic E-state index is 13.1. The minimum Gasteiger partial charge on any atom is -0.464 e. The summed E-state index contributed by atoms with van der Waals surface area (Å²) in [6, 6.07) is 4.12. The van der Waals surface area contributed by atoms with Crippen molar-refractivity contribution in [1.82, 2.24) is 4.98 Å². The smallest absolute Gasteiger partial charge is 0.433 e. The summed E-state index contributed by atoms with van der Waals surface area (Å²) in [5, 5.41) is 13.3. The Bertz CT molecular complexity index is 916. The predicted molar refractivity (Wildman–Crippen MR) is 79.4 cm³/mol. The highest BCUT2D eigenvalue weighted by molar-refractivity contribution is 7.19. The summed E-state index contributed by atoms with van der Waals surface area (Å²) >= 11 is 0.971. The first-order valence-corrected chi connectivity index (χ1v) is 7.31. The maximum Gasteiger partial charge on any atom is 0.433 e. The van der Waals surface area contributed by atoms with E-state index in [0.717, 1.165) is 17.4 Å². The number of halogens is 3. The van der Waals surface area contributed by atoms with Gasteiger partial charge < -0.3 is 14.8 Å². The lowest BCUT2D eigenvalue weighted by Gasteiger charge is -2.13. The van der Waals surface area contributed by atoms with E-state index in [0.29, 0.717) is 21.7 Å². The molecule has 3 aromatic rings. The molecule has 0 aromatic carbocycles. The van der Waals surface area contributed by atoms with Crippen LogP contribution in [0.5, 0.6) is 0 Å². The third kappa shape index (κ3) is 2.20. The van der Waals surface area contributed by atoms with Crippen LogP contribution in [0.4, 0.5) is 18.9 Å². The number of anilines is 1. The minimum absolute atomic E-state index is 0.160. The van der Waals surface area contributed by atoms with Crippen LogP contribution in [0.2, 0.25) is 0 Å². The van der Waals surface area contributed by atoms with E-state index >= 15 is 0 Å². The monoisotopic (exact) mass is 339 g/mol. The predicted octanol–water partition coefficient (Wildman–Crippen LogP) is 4.02. The van der Waals surface area contributed by atoms with Gasteiger partial charge in [-0.25, -0.2) is 9.98 Å². The molecule has 1 atom stereocenters. The average molecular weight is 339 g/mol. The van der Waals surface area contributed by atoms with Crippen LogP contribution in [-0.2, 0) is 6.18 Å². The fourth-order valence-corrected chi connectivity index (χ4v) is 3.55. The van der Waals surface area contributed by atoms with Crippen molar-refractivity contribution in [3.8, 4) is 11.3 Å². The second-order valence-electron chi connectivity index (χ2n) is 4.85. The zero-order valence-corrected chi connectivity index (χ0v) is 12.1. The van der Waals surface area contributed by atoms with Gasteiger partial charge in [0.25, 0.3) is 0 Å². The number of aromatic nitrogens is 1. The third-order valence-corrected chi connectivity index (χ3v) is 4.55. The molecule has 0 radical (unpaired) electrons. The molecule has 1 aliphatic rings. The van der Waals surface area contributed by atoms with Gasteiger partial charge in [0.2, 0.25) is 0 Å². The number of aliphatic imine (C=N–C) groups is 1. The Kier molecular flexibility index (Phi) is 2.97. The Labute approximate surface area is 131 Å². The maximum atomic E-state index is 13.1. The second-order valence-corrected chi connectivity index (χ2v) is 5.88. The summed E-state index contributed by atoms with van der Waals surface area (Å²) in [6.07, 6.45) is -3.01. The van der Waals surface area contributed by atoms with E-state index in [4.69, 9.17) is 4.42 Å². The highest BCUT2D eigenvalue weighted by atomic mass is 32.1. The Morgan fingerprint density at radius 2 is 2.17 bits per heavy atom. The molecule has 0 bridgehead atoms. The number of nitrogens with one attached hydrogen (secondary N) is 1. The van der Waals surface area contributed by atoms with Crippen molar-refractivity contribution >= 4 is 33.6 Å². The molecule has 0 aliphatic carbocycles. The first-order valence-electron chi connectivity index (χ1n) is 6.50. The number of thiophene rings is 1. The van der Waals surface area contributed by atoms with Gasteiger partial charge in [0, 0.05) is 10.9 Å². The number of aliphatic hydroxyl groups excluding tert-OH is 1. The quantitative estimate of drug-likeness (QED) is 0.702. The van der Waals surface area contributed by atoms with Crippen LogP contribution in [0, 0.1) is 0 Å². The number of fused-ring (bicyclic) bond motifs is 3. The molecule has 3 aromatic heterocycles. The van der Waals surface area contributed by atoms with Gasteiger partial charge in [-0.3, -0.25) is 0 Å². The number of furan rings is 1. The lowest BCUT2D eigenvalue weighted by atomic mass is 10.1. The number of rotatable bonds is 1. The van der Waals surface area contributed by atoms with Gasteiger partial charge in [-0.15, -0.1) is 11.3 Å². The molecule has 0 amide bonds. The molecule has 23 heavy (non-hydrogen) atoms. The molecule has 0 spiro atoms. The average Bonchev–Trinajstić information content (AvgIpc) is 3.13. The molecule has 1 aliphatic heterocycles. The van der Waals surface area contributed by atoms with Crippen LogP contribution in [0.1, 0.15) is 16.8 Å². The van der Waals surface area contributed by atoms with E-state index in [9.17, 15) is 18.3 Å². The number of aliphatic hydroxyl groups is 1. The molecular formula is C14H8F3N3O2S. The summed E-state index contributed by atoms with van der Waals surface area (Å²) < 4.78 is 44.6. The van der Waals surface area contributed by atoms with E-state index in [1.165, 1.54) is 12.6 Å². The molecule has 4 heterocycles. The van der Waals surface area contributed by atoms with Crippen LogP contribution in [0.25, 0.3) is 21.5 Å². The molecule has 5 nitrogen and oxygen atoms in total. The number of hydrogen-bond donors (Lipinski definition) is 2. The van der Waals surface area contributed by atoms with Crippen molar-refractivity contribution in [2.75, 3.05) is 5.32 Å². The normalized spacial score (nSPS) is 17.3. The first kappa shape index (κ1) is 14.2. The molecule has 0 saturated carbocycles. The fourth-order valence-electron chi connectivity index (χ4n) is 2.45. The Morgan fingerprint density at radius 3 is 2.87 bits per heavy atom. The van der Waals surface area contributed by atoms with Crippen LogP contribution in [0.15, 0.2) is 33.9 Å². The Morgan fingerprint density at radius 1 is 1.35 bits per heavy atom. The molecular weight excluding hydrogens is 331 g/mol. The molecule has 4 rings (SSSR count). The topological polar surface area (TPSA) is 70.7 Å². The van der Waals surface area contributed by atoms with Crippen molar-refractivity contribution in [2.45, 2.75) is 12.4 Å². The van der Waals surface area contributed by atoms with Crippen molar-refractivity contribution in [1.29, 1.82) is 0 Å². The van der Waals surface area contributed by atoms with Crippen molar-refractivity contribution in [3.63, 3.8) is 0 Å². The summed E-state index contributed by atoms with van der Waals surface area (Å²) in [6.45, 7) is 0. The van der Waals surface area contributed by atoms with Crippen molar-refractivity contribution < 1.29 is 22.7 Å². The van der Waals surface area contributed by atoms with Gasteiger partial charge in [-0.2, -0.15) is 13.2 Å². The van der Waals surface area contributed by atoms with Gasteiger partial charge in [-0.1, -0.05) is 0 Å². The van der Waals surface area contributed by atoms with E-state index in [2.05, 4.69) is 15.3 Å². The largest absolute Gasteiger partial charge is 0.464 e. The van der Waals surface area contributed by atoms with Crippen LogP contribution < -0.4 is 5.32 Å². The summed E-state index contributed by atoms with van der Waals surface area (Å²) in [5.41, 5.74) is -0.245. The van der Waals surface area contributed by atoms with Crippen LogP contribution >= 0.6 is 11.3 Å². The van der Waals surface area contributed by atoms with Gasteiger partial charge in [0.15, 0.2) is 6.23 Å².